The highest BCUT2D eigenvalue weighted by atomic mass is 16.4. The maximum Gasteiger partial charge on any atom is 0.309 e. The van der Waals surface area contributed by atoms with E-state index < -0.39 is 17.4 Å². The van der Waals surface area contributed by atoms with Crippen LogP contribution in [0.5, 0.6) is 0 Å². The van der Waals surface area contributed by atoms with Crippen LogP contribution in [0.15, 0.2) is 24.3 Å². The van der Waals surface area contributed by atoms with Gasteiger partial charge < -0.3 is 20.6 Å². The smallest absolute Gasteiger partial charge is 0.309 e. The SMILES string of the molecule is CC1(C)CC(C(C(=O)O)C2(N3CC=CC=CC3=O)CC(C)(C)NC(C)(C)C2)CC(C)(C)N1. The second-order valence-corrected chi connectivity index (χ2v) is 13.0. The summed E-state index contributed by atoms with van der Waals surface area (Å²) < 4.78 is 0. The minimum atomic E-state index is -0.797. The predicted molar refractivity (Wildman–Crippen MR) is 128 cm³/mol. The molecule has 6 heteroatoms. The van der Waals surface area contributed by atoms with E-state index in [1.54, 1.807) is 12.2 Å². The molecular formula is C26H43N3O3. The van der Waals surface area contributed by atoms with Gasteiger partial charge in [0.1, 0.15) is 0 Å². The van der Waals surface area contributed by atoms with Crippen molar-refractivity contribution in [1.82, 2.24) is 15.5 Å². The fourth-order valence-electron chi connectivity index (χ4n) is 7.65. The first kappa shape index (κ1) is 25.0. The van der Waals surface area contributed by atoms with Gasteiger partial charge in [-0.1, -0.05) is 18.2 Å². The van der Waals surface area contributed by atoms with Crippen LogP contribution in [-0.2, 0) is 9.59 Å². The summed E-state index contributed by atoms with van der Waals surface area (Å²) >= 11 is 0. The number of carboxylic acids is 1. The van der Waals surface area contributed by atoms with Gasteiger partial charge in [0.2, 0.25) is 5.91 Å². The van der Waals surface area contributed by atoms with Gasteiger partial charge in [-0.2, -0.15) is 0 Å². The number of hydrogen-bond donors (Lipinski definition) is 3. The van der Waals surface area contributed by atoms with Crippen LogP contribution >= 0.6 is 0 Å². The van der Waals surface area contributed by atoms with Crippen LogP contribution in [0.25, 0.3) is 0 Å². The molecule has 0 spiro atoms. The zero-order chi connectivity index (χ0) is 24.2. The van der Waals surface area contributed by atoms with Gasteiger partial charge in [0.25, 0.3) is 0 Å². The monoisotopic (exact) mass is 445 g/mol. The van der Waals surface area contributed by atoms with Crippen molar-refractivity contribution in [3.05, 3.63) is 24.3 Å². The van der Waals surface area contributed by atoms with Crippen LogP contribution in [0, 0.1) is 11.8 Å². The Labute approximate surface area is 193 Å². The maximum absolute atomic E-state index is 13.4. The third kappa shape index (κ3) is 5.12. The third-order valence-electron chi connectivity index (χ3n) is 7.29. The molecule has 3 heterocycles. The Kier molecular flexibility index (Phi) is 6.23. The number of carbonyl (C=O) groups is 2. The second kappa shape index (κ2) is 7.98. The van der Waals surface area contributed by atoms with Gasteiger partial charge in [-0.3, -0.25) is 9.59 Å². The van der Waals surface area contributed by atoms with Gasteiger partial charge in [0, 0.05) is 34.8 Å². The molecule has 180 valence electrons. The Morgan fingerprint density at radius 3 is 1.94 bits per heavy atom. The molecule has 2 fully saturated rings. The topological polar surface area (TPSA) is 81.7 Å². The van der Waals surface area contributed by atoms with Crippen LogP contribution in [0.1, 0.15) is 81.1 Å². The van der Waals surface area contributed by atoms with Crippen LogP contribution in [0.4, 0.5) is 0 Å². The predicted octanol–water partition coefficient (Wildman–Crippen LogP) is 3.88. The molecule has 0 bridgehead atoms. The normalized spacial score (nSPS) is 29.4. The number of carbonyl (C=O) groups excluding carboxylic acids is 1. The minimum absolute atomic E-state index is 0.0486. The van der Waals surface area contributed by atoms with E-state index in [1.807, 2.05) is 17.1 Å². The van der Waals surface area contributed by atoms with Crippen molar-refractivity contribution in [3.8, 4) is 0 Å². The Morgan fingerprint density at radius 1 is 0.938 bits per heavy atom. The lowest BCUT2D eigenvalue weighted by atomic mass is 9.57. The lowest BCUT2D eigenvalue weighted by Crippen LogP contribution is -2.73. The molecule has 1 amide bonds. The molecule has 0 saturated carbocycles. The first-order chi connectivity index (χ1) is 14.5. The molecule has 1 unspecified atom stereocenters. The van der Waals surface area contributed by atoms with Crippen molar-refractivity contribution < 1.29 is 14.7 Å². The number of hydrogen-bond acceptors (Lipinski definition) is 4. The highest BCUT2D eigenvalue weighted by Crippen LogP contribution is 2.51. The number of rotatable bonds is 4. The van der Waals surface area contributed by atoms with Crippen molar-refractivity contribution in [1.29, 1.82) is 0 Å². The lowest BCUT2D eigenvalue weighted by Gasteiger charge is -2.61. The molecule has 6 nitrogen and oxygen atoms in total. The quantitative estimate of drug-likeness (QED) is 0.612. The van der Waals surface area contributed by atoms with E-state index in [1.165, 1.54) is 0 Å². The molecule has 0 aromatic rings. The fraction of sp³-hybridized carbons (Fsp3) is 0.769. The van der Waals surface area contributed by atoms with Gasteiger partial charge in [-0.25, -0.2) is 0 Å². The van der Waals surface area contributed by atoms with Crippen LogP contribution in [0.3, 0.4) is 0 Å². The zero-order valence-corrected chi connectivity index (χ0v) is 21.2. The average molecular weight is 446 g/mol. The first-order valence-corrected chi connectivity index (χ1v) is 11.9. The lowest BCUT2D eigenvalue weighted by molar-refractivity contribution is -0.164. The summed E-state index contributed by atoms with van der Waals surface area (Å²) in [6.07, 6.45) is 9.92. The van der Waals surface area contributed by atoms with E-state index in [4.69, 9.17) is 0 Å². The Bertz CT molecular complexity index is 790. The van der Waals surface area contributed by atoms with E-state index >= 15 is 0 Å². The first-order valence-electron chi connectivity index (χ1n) is 11.9. The molecule has 3 aliphatic heterocycles. The maximum atomic E-state index is 13.4. The molecule has 2 saturated heterocycles. The molecular weight excluding hydrogens is 402 g/mol. The highest BCUT2D eigenvalue weighted by Gasteiger charge is 2.60. The molecule has 3 N–H and O–H groups in total. The average Bonchev–Trinajstić information content (AvgIpc) is 2.73. The Morgan fingerprint density at radius 2 is 1.44 bits per heavy atom. The largest absolute Gasteiger partial charge is 0.481 e. The number of nitrogens with zero attached hydrogens (tertiary/aromatic N) is 1. The Hall–Kier alpha value is -1.66. The molecule has 0 aliphatic carbocycles. The summed E-state index contributed by atoms with van der Waals surface area (Å²) in [4.78, 5) is 28.4. The zero-order valence-electron chi connectivity index (χ0n) is 21.2. The Balaban J connectivity index is 2.20. The summed E-state index contributed by atoms with van der Waals surface area (Å²) in [6.45, 7) is 17.6. The van der Waals surface area contributed by atoms with E-state index in [9.17, 15) is 14.7 Å². The van der Waals surface area contributed by atoms with Gasteiger partial charge in [0.05, 0.1) is 11.5 Å². The van der Waals surface area contributed by atoms with Crippen molar-refractivity contribution in [2.24, 2.45) is 11.8 Å². The highest BCUT2D eigenvalue weighted by molar-refractivity contribution is 5.90. The molecule has 3 aliphatic rings. The number of nitrogens with one attached hydrogen (secondary N) is 2. The van der Waals surface area contributed by atoms with Crippen molar-refractivity contribution >= 4 is 11.9 Å². The van der Waals surface area contributed by atoms with Crippen molar-refractivity contribution in [3.63, 3.8) is 0 Å². The molecule has 0 aromatic heterocycles. The summed E-state index contributed by atoms with van der Waals surface area (Å²) in [6, 6.07) is 0. The second-order valence-electron chi connectivity index (χ2n) is 13.0. The van der Waals surface area contributed by atoms with E-state index in [0.717, 1.165) is 12.8 Å². The number of aliphatic carboxylic acids is 1. The van der Waals surface area contributed by atoms with Crippen LogP contribution < -0.4 is 10.6 Å². The molecule has 32 heavy (non-hydrogen) atoms. The molecule has 3 rings (SSSR count). The number of allylic oxidation sites excluding steroid dienone is 2. The molecule has 0 radical (unpaired) electrons. The van der Waals surface area contributed by atoms with Crippen molar-refractivity contribution in [2.75, 3.05) is 6.54 Å². The summed E-state index contributed by atoms with van der Waals surface area (Å²) in [5, 5.41) is 18.2. The standard InChI is InChI=1S/C26H43N3O3/c1-22(2)14-18(15-23(3,4)27-22)20(21(31)32)26(29-13-11-9-10-12-19(29)30)16-24(5,6)28-25(7,8)17-26/h9-12,18,20,27-28H,13-17H2,1-8H3,(H,31,32). The number of carboxylic acid groups (broad SMARTS) is 1. The van der Waals surface area contributed by atoms with Gasteiger partial charge in [-0.15, -0.1) is 0 Å². The fourth-order valence-corrected chi connectivity index (χ4v) is 7.65. The molecule has 1 atom stereocenters. The summed E-state index contributed by atoms with van der Waals surface area (Å²) in [7, 11) is 0. The van der Waals surface area contributed by atoms with Crippen LogP contribution in [0.2, 0.25) is 0 Å². The minimum Gasteiger partial charge on any atom is -0.481 e. The van der Waals surface area contributed by atoms with Gasteiger partial charge in [-0.05, 0) is 87.0 Å². The van der Waals surface area contributed by atoms with E-state index in [2.05, 4.69) is 66.0 Å². The van der Waals surface area contributed by atoms with E-state index in [-0.39, 0.29) is 34.0 Å². The van der Waals surface area contributed by atoms with Gasteiger partial charge >= 0.3 is 5.97 Å². The summed E-state index contributed by atoms with van der Waals surface area (Å²) in [5.74, 6) is -1.59. The van der Waals surface area contributed by atoms with Gasteiger partial charge in [0.15, 0.2) is 0 Å². The van der Waals surface area contributed by atoms with Crippen LogP contribution in [-0.4, -0.2) is 56.1 Å². The van der Waals surface area contributed by atoms with Crippen molar-refractivity contribution in [2.45, 2.75) is 109 Å². The third-order valence-corrected chi connectivity index (χ3v) is 7.29. The number of amides is 1. The number of piperidine rings is 2. The summed E-state index contributed by atoms with van der Waals surface area (Å²) in [5.41, 5.74) is -1.78. The van der Waals surface area contributed by atoms with E-state index in [0.29, 0.717) is 19.4 Å². The molecule has 0 aromatic carbocycles.